The van der Waals surface area contributed by atoms with Crippen molar-refractivity contribution >= 4 is 33.3 Å². The highest BCUT2D eigenvalue weighted by Gasteiger charge is 2.20. The quantitative estimate of drug-likeness (QED) is 0.750. The van der Waals surface area contributed by atoms with E-state index in [9.17, 15) is 8.42 Å². The van der Waals surface area contributed by atoms with Crippen LogP contribution in [0.4, 0.5) is 0 Å². The molecule has 0 aromatic heterocycles. The Labute approximate surface area is 134 Å². The molecule has 0 spiro atoms. The van der Waals surface area contributed by atoms with Crippen molar-refractivity contribution in [3.8, 4) is 0 Å². The first-order valence-corrected chi connectivity index (χ1v) is 8.40. The second-order valence-electron chi connectivity index (χ2n) is 4.71. The third-order valence-electron chi connectivity index (χ3n) is 2.93. The number of benzene rings is 2. The highest BCUT2D eigenvalue weighted by atomic mass is 35.5. The zero-order chi connectivity index (χ0) is 15.6. The smallest absolute Gasteiger partial charge is 0.258 e. The van der Waals surface area contributed by atoms with Crippen LogP contribution in [0, 0.1) is 6.92 Å². The molecule has 21 heavy (non-hydrogen) atoms. The van der Waals surface area contributed by atoms with Gasteiger partial charge in [0.1, 0.15) is 0 Å². The van der Waals surface area contributed by atoms with Gasteiger partial charge in [0.15, 0.2) is 0 Å². The Hall–Kier alpha value is -1.07. The summed E-state index contributed by atoms with van der Waals surface area (Å²) in [7, 11) is -3.84. The van der Waals surface area contributed by atoms with Crippen LogP contribution in [0.1, 0.15) is 24.2 Å². The second-order valence-corrected chi connectivity index (χ2v) is 7.15. The Morgan fingerprint density at radius 3 is 2.05 bits per heavy atom. The average molecular weight is 345 g/mol. The minimum absolute atomic E-state index is 0.119. The normalized spacial score (nSPS) is 13.1. The molecule has 2 aromatic rings. The molecule has 0 bridgehead atoms. The largest absolute Gasteiger partial charge is 0.297 e. The third-order valence-corrected chi connectivity index (χ3v) is 4.76. The van der Waals surface area contributed by atoms with E-state index >= 15 is 0 Å². The predicted octanol–water partition coefficient (Wildman–Crippen LogP) is 4.77. The number of hydrogen-bond acceptors (Lipinski definition) is 3. The van der Waals surface area contributed by atoms with Crippen molar-refractivity contribution in [2.45, 2.75) is 24.8 Å². The monoisotopic (exact) mass is 344 g/mol. The molecule has 0 aliphatic carbocycles. The molecule has 3 nitrogen and oxygen atoms in total. The fourth-order valence-corrected chi connectivity index (χ4v) is 3.43. The van der Waals surface area contributed by atoms with Gasteiger partial charge >= 0.3 is 0 Å². The third kappa shape index (κ3) is 4.20. The van der Waals surface area contributed by atoms with Crippen molar-refractivity contribution in [1.29, 1.82) is 0 Å². The van der Waals surface area contributed by atoms with Gasteiger partial charge in [-0.3, -0.25) is 4.18 Å². The van der Waals surface area contributed by atoms with Gasteiger partial charge < -0.3 is 0 Å². The van der Waals surface area contributed by atoms with E-state index in [1.165, 1.54) is 12.1 Å². The highest BCUT2D eigenvalue weighted by Crippen LogP contribution is 2.28. The fraction of sp³-hybridized carbons (Fsp3) is 0.200. The van der Waals surface area contributed by atoms with Crippen molar-refractivity contribution in [3.05, 3.63) is 63.6 Å². The molecule has 0 radical (unpaired) electrons. The summed E-state index contributed by atoms with van der Waals surface area (Å²) in [4.78, 5) is 0.119. The molecule has 0 N–H and O–H groups in total. The van der Waals surface area contributed by atoms with E-state index in [2.05, 4.69) is 0 Å². The van der Waals surface area contributed by atoms with Gasteiger partial charge in [0, 0.05) is 10.0 Å². The van der Waals surface area contributed by atoms with Crippen LogP contribution >= 0.6 is 23.2 Å². The summed E-state index contributed by atoms with van der Waals surface area (Å²) in [6.45, 7) is 3.52. The van der Waals surface area contributed by atoms with Gasteiger partial charge in [0.25, 0.3) is 10.1 Å². The molecule has 0 amide bonds. The summed E-state index contributed by atoms with van der Waals surface area (Å²) in [5.41, 5.74) is 1.58. The number of aryl methyl sites for hydroxylation is 1. The van der Waals surface area contributed by atoms with Gasteiger partial charge in [-0.05, 0) is 49.7 Å². The number of hydrogen-bond donors (Lipinski definition) is 0. The Kier molecular flexibility index (Phi) is 4.94. The standard InChI is InChI=1S/C15H14Cl2O3S/c1-10-3-5-15(6-4-10)21(18,19)20-11(2)12-7-13(16)9-14(17)8-12/h3-9,11H,1-2H3/t11-/m0/s1. The van der Waals surface area contributed by atoms with E-state index in [0.29, 0.717) is 15.6 Å². The minimum Gasteiger partial charge on any atom is -0.258 e. The van der Waals surface area contributed by atoms with Crippen molar-refractivity contribution in [2.75, 3.05) is 0 Å². The minimum atomic E-state index is -3.84. The molecule has 0 heterocycles. The fourth-order valence-electron chi connectivity index (χ4n) is 1.82. The van der Waals surface area contributed by atoms with Crippen LogP contribution in [0.5, 0.6) is 0 Å². The maximum atomic E-state index is 12.2. The van der Waals surface area contributed by atoms with Crippen LogP contribution in [0.3, 0.4) is 0 Å². The topological polar surface area (TPSA) is 43.4 Å². The van der Waals surface area contributed by atoms with Crippen LogP contribution in [0.25, 0.3) is 0 Å². The molecule has 2 aromatic carbocycles. The number of rotatable bonds is 4. The Balaban J connectivity index is 2.25. The van der Waals surface area contributed by atoms with E-state index in [1.807, 2.05) is 6.92 Å². The lowest BCUT2D eigenvalue weighted by Gasteiger charge is -2.14. The van der Waals surface area contributed by atoms with Crippen molar-refractivity contribution in [2.24, 2.45) is 0 Å². The maximum absolute atomic E-state index is 12.2. The molecule has 0 fully saturated rings. The zero-order valence-corrected chi connectivity index (χ0v) is 13.8. The molecule has 0 aliphatic rings. The van der Waals surface area contributed by atoms with Gasteiger partial charge in [-0.2, -0.15) is 8.42 Å². The van der Waals surface area contributed by atoms with Crippen LogP contribution in [0.15, 0.2) is 47.4 Å². The zero-order valence-electron chi connectivity index (χ0n) is 11.5. The van der Waals surface area contributed by atoms with E-state index in [-0.39, 0.29) is 4.90 Å². The molecule has 0 unspecified atom stereocenters. The molecular formula is C15H14Cl2O3S. The average Bonchev–Trinajstić information content (AvgIpc) is 2.37. The van der Waals surface area contributed by atoms with E-state index in [4.69, 9.17) is 27.4 Å². The van der Waals surface area contributed by atoms with Gasteiger partial charge in [-0.1, -0.05) is 40.9 Å². The molecular weight excluding hydrogens is 331 g/mol. The van der Waals surface area contributed by atoms with Gasteiger partial charge in [0.05, 0.1) is 11.0 Å². The lowest BCUT2D eigenvalue weighted by molar-refractivity contribution is 0.234. The second kappa shape index (κ2) is 6.36. The molecule has 0 aliphatic heterocycles. The summed E-state index contributed by atoms with van der Waals surface area (Å²) in [6, 6.07) is 11.3. The highest BCUT2D eigenvalue weighted by molar-refractivity contribution is 7.86. The maximum Gasteiger partial charge on any atom is 0.297 e. The number of halogens is 2. The Morgan fingerprint density at radius 1 is 1.00 bits per heavy atom. The van der Waals surface area contributed by atoms with Crippen LogP contribution in [-0.2, 0) is 14.3 Å². The molecule has 112 valence electrons. The summed E-state index contributed by atoms with van der Waals surface area (Å²) in [5, 5.41) is 0.862. The summed E-state index contributed by atoms with van der Waals surface area (Å²) >= 11 is 11.8. The predicted molar refractivity (Wildman–Crippen MR) is 84.3 cm³/mol. The Morgan fingerprint density at radius 2 is 1.52 bits per heavy atom. The van der Waals surface area contributed by atoms with E-state index < -0.39 is 16.2 Å². The summed E-state index contributed by atoms with van der Waals surface area (Å²) in [6.07, 6.45) is -0.687. The van der Waals surface area contributed by atoms with Gasteiger partial charge in [0.2, 0.25) is 0 Å². The van der Waals surface area contributed by atoms with Crippen molar-refractivity contribution in [1.82, 2.24) is 0 Å². The Bertz CT molecular complexity index is 720. The lowest BCUT2D eigenvalue weighted by atomic mass is 10.1. The molecule has 2 rings (SSSR count). The SMILES string of the molecule is Cc1ccc(S(=O)(=O)O[C@@H](C)c2cc(Cl)cc(Cl)c2)cc1. The first-order valence-electron chi connectivity index (χ1n) is 6.24. The first-order chi connectivity index (χ1) is 9.78. The van der Waals surface area contributed by atoms with Crippen LogP contribution in [0.2, 0.25) is 10.0 Å². The lowest BCUT2D eigenvalue weighted by Crippen LogP contribution is -2.10. The summed E-state index contributed by atoms with van der Waals surface area (Å²) < 4.78 is 29.6. The van der Waals surface area contributed by atoms with Crippen LogP contribution < -0.4 is 0 Å². The van der Waals surface area contributed by atoms with E-state index in [0.717, 1.165) is 5.56 Å². The van der Waals surface area contributed by atoms with Gasteiger partial charge in [-0.15, -0.1) is 0 Å². The van der Waals surface area contributed by atoms with Gasteiger partial charge in [-0.25, -0.2) is 0 Å². The van der Waals surface area contributed by atoms with Crippen molar-refractivity contribution in [3.63, 3.8) is 0 Å². The van der Waals surface area contributed by atoms with Crippen LogP contribution in [-0.4, -0.2) is 8.42 Å². The van der Waals surface area contributed by atoms with E-state index in [1.54, 1.807) is 37.3 Å². The summed E-state index contributed by atoms with van der Waals surface area (Å²) in [5.74, 6) is 0. The molecule has 1 atom stereocenters. The van der Waals surface area contributed by atoms with Crippen molar-refractivity contribution < 1.29 is 12.6 Å². The first kappa shape index (κ1) is 16.3. The molecule has 0 saturated carbocycles. The molecule has 6 heteroatoms. The molecule has 0 saturated heterocycles.